The molecule has 30 heavy (non-hydrogen) atoms. The van der Waals surface area contributed by atoms with Crippen LogP contribution in [0.15, 0.2) is 28.7 Å². The van der Waals surface area contributed by atoms with Gasteiger partial charge in [-0.15, -0.1) is 0 Å². The van der Waals surface area contributed by atoms with Crippen molar-refractivity contribution >= 4 is 39.3 Å². The topological polar surface area (TPSA) is 69.7 Å². The van der Waals surface area contributed by atoms with Gasteiger partial charge in [-0.25, -0.2) is 0 Å². The second kappa shape index (κ2) is 9.50. The zero-order valence-corrected chi connectivity index (χ0v) is 18.9. The van der Waals surface area contributed by atoms with Crippen molar-refractivity contribution in [3.63, 3.8) is 0 Å². The summed E-state index contributed by atoms with van der Waals surface area (Å²) in [4.78, 5) is 41.9. The van der Waals surface area contributed by atoms with Crippen LogP contribution in [0.3, 0.4) is 0 Å². The lowest BCUT2D eigenvalue weighted by Gasteiger charge is -2.34. The maximum atomic E-state index is 13.0. The lowest BCUT2D eigenvalue weighted by Crippen LogP contribution is -2.50. The Morgan fingerprint density at radius 1 is 0.967 bits per heavy atom. The highest BCUT2D eigenvalue weighted by Gasteiger charge is 2.40. The van der Waals surface area contributed by atoms with E-state index in [1.807, 2.05) is 29.2 Å². The number of hydrogen-bond donors (Lipinski definition) is 1. The van der Waals surface area contributed by atoms with Crippen LogP contribution in [0, 0.1) is 11.8 Å². The molecule has 0 aromatic heterocycles. The van der Waals surface area contributed by atoms with Gasteiger partial charge < -0.3 is 15.1 Å². The van der Waals surface area contributed by atoms with E-state index in [4.69, 9.17) is 0 Å². The molecular weight excluding hydrogens is 446 g/mol. The highest BCUT2D eigenvalue weighted by molar-refractivity contribution is 9.10. The van der Waals surface area contributed by atoms with Crippen molar-refractivity contribution in [3.05, 3.63) is 28.7 Å². The van der Waals surface area contributed by atoms with Gasteiger partial charge in [-0.05, 0) is 50.3 Å². The number of amides is 3. The van der Waals surface area contributed by atoms with Gasteiger partial charge in [0.05, 0.1) is 0 Å². The molecule has 2 heterocycles. The molecule has 0 spiro atoms. The summed E-state index contributed by atoms with van der Waals surface area (Å²) >= 11 is 3.44. The molecule has 2 aliphatic heterocycles. The van der Waals surface area contributed by atoms with Crippen LogP contribution in [0.25, 0.3) is 0 Å². The molecule has 3 aliphatic rings. The fourth-order valence-electron chi connectivity index (χ4n) is 4.96. The molecule has 1 atom stereocenters. The number of anilines is 1. The molecule has 0 radical (unpaired) electrons. The van der Waals surface area contributed by atoms with Gasteiger partial charge in [0.1, 0.15) is 5.92 Å². The number of benzene rings is 1. The predicted octanol–water partition coefficient (Wildman–Crippen LogP) is 3.49. The van der Waals surface area contributed by atoms with Gasteiger partial charge in [-0.2, -0.15) is 0 Å². The van der Waals surface area contributed by atoms with Crippen LogP contribution in [0.1, 0.15) is 51.4 Å². The monoisotopic (exact) mass is 475 g/mol. The Kier molecular flexibility index (Phi) is 6.76. The van der Waals surface area contributed by atoms with Crippen LogP contribution in [-0.2, 0) is 14.4 Å². The Bertz CT molecular complexity index is 801. The minimum atomic E-state index is -0.586. The average molecular weight is 476 g/mol. The maximum absolute atomic E-state index is 13.0. The van der Waals surface area contributed by atoms with Gasteiger partial charge in [-0.3, -0.25) is 14.4 Å². The molecule has 4 rings (SSSR count). The van der Waals surface area contributed by atoms with Crippen LogP contribution in [-0.4, -0.2) is 48.3 Å². The van der Waals surface area contributed by atoms with E-state index in [1.165, 1.54) is 6.42 Å². The van der Waals surface area contributed by atoms with Crippen LogP contribution >= 0.6 is 15.9 Å². The zero-order valence-electron chi connectivity index (χ0n) is 17.3. The van der Waals surface area contributed by atoms with E-state index >= 15 is 0 Å². The minimum absolute atomic E-state index is 0.0606. The first-order valence-corrected chi connectivity index (χ1v) is 12.0. The van der Waals surface area contributed by atoms with Crippen molar-refractivity contribution in [1.82, 2.24) is 10.2 Å². The summed E-state index contributed by atoms with van der Waals surface area (Å²) in [6, 6.07) is 7.76. The molecule has 0 bridgehead atoms. The van der Waals surface area contributed by atoms with E-state index in [2.05, 4.69) is 21.2 Å². The first-order chi connectivity index (χ1) is 14.5. The molecule has 6 nitrogen and oxygen atoms in total. The Morgan fingerprint density at radius 3 is 2.40 bits per heavy atom. The molecule has 1 N–H and O–H groups in total. The normalized spacial score (nSPS) is 23.6. The highest BCUT2D eigenvalue weighted by atomic mass is 79.9. The highest BCUT2D eigenvalue weighted by Crippen LogP contribution is 2.29. The molecule has 1 saturated carbocycles. The number of likely N-dealkylation sites (tertiary alicyclic amines) is 1. The molecule has 3 amide bonds. The lowest BCUT2D eigenvalue weighted by molar-refractivity contribution is -0.140. The van der Waals surface area contributed by atoms with Gasteiger partial charge in [0.25, 0.3) is 0 Å². The molecule has 1 aromatic carbocycles. The second-order valence-electron chi connectivity index (χ2n) is 8.75. The largest absolute Gasteiger partial charge is 0.353 e. The number of halogens is 1. The molecule has 162 valence electrons. The van der Waals surface area contributed by atoms with Gasteiger partial charge in [0, 0.05) is 41.8 Å². The van der Waals surface area contributed by atoms with E-state index in [9.17, 15) is 14.4 Å². The molecule has 3 fully saturated rings. The summed E-state index contributed by atoms with van der Waals surface area (Å²) in [5.41, 5.74) is 0.828. The van der Waals surface area contributed by atoms with Crippen molar-refractivity contribution < 1.29 is 14.4 Å². The van der Waals surface area contributed by atoms with E-state index < -0.39 is 5.92 Å². The Labute approximate surface area is 186 Å². The van der Waals surface area contributed by atoms with Crippen LogP contribution < -0.4 is 10.2 Å². The smallest absolute Gasteiger partial charge is 0.239 e. The van der Waals surface area contributed by atoms with Crippen molar-refractivity contribution in [2.75, 3.05) is 24.5 Å². The number of nitrogens with one attached hydrogen (secondary N) is 1. The Hall–Kier alpha value is -1.89. The number of hydrogen-bond acceptors (Lipinski definition) is 3. The molecule has 1 aromatic rings. The third-order valence-corrected chi connectivity index (χ3v) is 7.25. The third kappa shape index (κ3) is 4.71. The molecule has 1 unspecified atom stereocenters. The SMILES string of the molecule is O=C(NC1CCN(C(=O)C2CCN(c3cccc(Br)c3)C2=O)CC1)C1CCCCC1. The summed E-state index contributed by atoms with van der Waals surface area (Å²) in [6.07, 6.45) is 7.63. The van der Waals surface area contributed by atoms with E-state index in [0.717, 1.165) is 48.7 Å². The summed E-state index contributed by atoms with van der Waals surface area (Å²) < 4.78 is 0.917. The van der Waals surface area contributed by atoms with Gasteiger partial charge in [-0.1, -0.05) is 41.3 Å². The Balaban J connectivity index is 1.28. The molecule has 7 heteroatoms. The Morgan fingerprint density at radius 2 is 1.70 bits per heavy atom. The zero-order chi connectivity index (χ0) is 21.1. The predicted molar refractivity (Wildman–Crippen MR) is 119 cm³/mol. The minimum Gasteiger partial charge on any atom is -0.353 e. The van der Waals surface area contributed by atoms with E-state index in [0.29, 0.717) is 26.1 Å². The van der Waals surface area contributed by atoms with Crippen molar-refractivity contribution in [3.8, 4) is 0 Å². The number of nitrogens with zero attached hydrogens (tertiary/aromatic N) is 2. The average Bonchev–Trinajstić information content (AvgIpc) is 3.15. The van der Waals surface area contributed by atoms with Crippen molar-refractivity contribution in [2.45, 2.75) is 57.4 Å². The van der Waals surface area contributed by atoms with Crippen LogP contribution in [0.4, 0.5) is 5.69 Å². The molecule has 2 saturated heterocycles. The number of carbonyl (C=O) groups excluding carboxylic acids is 3. The summed E-state index contributed by atoms with van der Waals surface area (Å²) in [7, 11) is 0. The fourth-order valence-corrected chi connectivity index (χ4v) is 5.35. The third-order valence-electron chi connectivity index (χ3n) is 6.75. The van der Waals surface area contributed by atoms with E-state index in [1.54, 1.807) is 4.90 Å². The number of carbonyl (C=O) groups is 3. The second-order valence-corrected chi connectivity index (χ2v) is 9.67. The number of piperidine rings is 1. The summed E-state index contributed by atoms with van der Waals surface area (Å²) in [5, 5.41) is 3.20. The van der Waals surface area contributed by atoms with Crippen LogP contribution in [0.2, 0.25) is 0 Å². The fraction of sp³-hybridized carbons (Fsp3) is 0.609. The standard InChI is InChI=1S/C23H30BrN3O3/c24-17-7-4-8-19(15-17)27-14-11-20(23(27)30)22(29)26-12-9-18(10-13-26)25-21(28)16-5-2-1-3-6-16/h4,7-8,15-16,18,20H,1-3,5-6,9-14H2,(H,25,28). The number of rotatable bonds is 4. The maximum Gasteiger partial charge on any atom is 0.239 e. The van der Waals surface area contributed by atoms with E-state index in [-0.39, 0.29) is 29.7 Å². The first kappa shape index (κ1) is 21.3. The van der Waals surface area contributed by atoms with Crippen molar-refractivity contribution in [1.29, 1.82) is 0 Å². The quantitative estimate of drug-likeness (QED) is 0.677. The summed E-state index contributed by atoms with van der Waals surface area (Å²) in [6.45, 7) is 1.78. The van der Waals surface area contributed by atoms with Gasteiger partial charge in [0.2, 0.25) is 17.7 Å². The van der Waals surface area contributed by atoms with Crippen LogP contribution in [0.5, 0.6) is 0 Å². The van der Waals surface area contributed by atoms with Gasteiger partial charge >= 0.3 is 0 Å². The molecular formula is C23H30BrN3O3. The lowest BCUT2D eigenvalue weighted by atomic mass is 9.88. The first-order valence-electron chi connectivity index (χ1n) is 11.2. The van der Waals surface area contributed by atoms with Gasteiger partial charge in [0.15, 0.2) is 0 Å². The van der Waals surface area contributed by atoms with Crippen molar-refractivity contribution in [2.24, 2.45) is 11.8 Å². The molecule has 1 aliphatic carbocycles. The summed E-state index contributed by atoms with van der Waals surface area (Å²) in [5.74, 6) is -0.397.